The molecule has 0 aliphatic carbocycles. The number of rotatable bonds is 5. The molecule has 0 aromatic carbocycles. The fourth-order valence-electron chi connectivity index (χ4n) is 1.80. The smallest absolute Gasteiger partial charge is 0.143 e. The van der Waals surface area contributed by atoms with Gasteiger partial charge in [0.15, 0.2) is 0 Å². The standard InChI is InChI=1S/C14H16N2O3/c1-3-19-11-6-10(7-16-8-11)14(17)12-4-5-15-9-13(12)18-2/h4-9,14,17H,3H2,1-2H3. The van der Waals surface area contributed by atoms with E-state index >= 15 is 0 Å². The predicted octanol–water partition coefficient (Wildman–Crippen LogP) is 1.97. The maximum absolute atomic E-state index is 10.4. The SMILES string of the molecule is CCOc1cncc(C(O)c2ccncc2OC)c1. The molecule has 100 valence electrons. The van der Waals surface area contributed by atoms with Crippen molar-refractivity contribution in [1.29, 1.82) is 0 Å². The Balaban J connectivity index is 2.32. The highest BCUT2D eigenvalue weighted by Gasteiger charge is 2.16. The van der Waals surface area contributed by atoms with Gasteiger partial charge < -0.3 is 14.6 Å². The summed E-state index contributed by atoms with van der Waals surface area (Å²) in [6, 6.07) is 3.48. The number of methoxy groups -OCH3 is 1. The van der Waals surface area contributed by atoms with Gasteiger partial charge >= 0.3 is 0 Å². The number of hydrogen-bond acceptors (Lipinski definition) is 5. The van der Waals surface area contributed by atoms with Crippen LogP contribution in [0.3, 0.4) is 0 Å². The van der Waals surface area contributed by atoms with Crippen LogP contribution in [0.5, 0.6) is 11.5 Å². The zero-order chi connectivity index (χ0) is 13.7. The Morgan fingerprint density at radius 1 is 1.26 bits per heavy atom. The Labute approximate surface area is 111 Å². The molecule has 0 spiro atoms. The fourth-order valence-corrected chi connectivity index (χ4v) is 1.80. The summed E-state index contributed by atoms with van der Waals surface area (Å²) in [6.45, 7) is 2.45. The van der Waals surface area contributed by atoms with Crippen molar-refractivity contribution in [3.8, 4) is 11.5 Å². The molecule has 2 heterocycles. The van der Waals surface area contributed by atoms with Crippen LogP contribution in [-0.2, 0) is 0 Å². The van der Waals surface area contributed by atoms with Crippen LogP contribution < -0.4 is 9.47 Å². The van der Waals surface area contributed by atoms with E-state index in [1.807, 2.05) is 6.92 Å². The maximum atomic E-state index is 10.4. The number of aliphatic hydroxyl groups excluding tert-OH is 1. The van der Waals surface area contributed by atoms with E-state index in [-0.39, 0.29) is 0 Å². The van der Waals surface area contributed by atoms with Gasteiger partial charge in [-0.2, -0.15) is 0 Å². The van der Waals surface area contributed by atoms with Gasteiger partial charge in [0.2, 0.25) is 0 Å². The summed E-state index contributed by atoms with van der Waals surface area (Å²) >= 11 is 0. The molecule has 0 aliphatic heterocycles. The summed E-state index contributed by atoms with van der Waals surface area (Å²) in [5.41, 5.74) is 1.29. The van der Waals surface area contributed by atoms with Gasteiger partial charge in [0, 0.05) is 23.5 Å². The molecule has 0 saturated heterocycles. The van der Waals surface area contributed by atoms with E-state index in [9.17, 15) is 5.11 Å². The highest BCUT2D eigenvalue weighted by atomic mass is 16.5. The third kappa shape index (κ3) is 3.00. The van der Waals surface area contributed by atoms with Crippen molar-refractivity contribution in [3.63, 3.8) is 0 Å². The lowest BCUT2D eigenvalue weighted by Gasteiger charge is -2.15. The van der Waals surface area contributed by atoms with E-state index < -0.39 is 6.10 Å². The number of hydrogen-bond donors (Lipinski definition) is 1. The average Bonchev–Trinajstić information content (AvgIpc) is 2.47. The second kappa shape index (κ2) is 6.15. The van der Waals surface area contributed by atoms with Crippen LogP contribution in [0.1, 0.15) is 24.2 Å². The van der Waals surface area contributed by atoms with Crippen molar-refractivity contribution >= 4 is 0 Å². The first-order valence-corrected chi connectivity index (χ1v) is 6.00. The van der Waals surface area contributed by atoms with Crippen molar-refractivity contribution in [2.45, 2.75) is 13.0 Å². The first-order valence-electron chi connectivity index (χ1n) is 6.00. The van der Waals surface area contributed by atoms with Crippen molar-refractivity contribution < 1.29 is 14.6 Å². The Kier molecular flexibility index (Phi) is 4.30. The fraction of sp³-hybridized carbons (Fsp3) is 0.286. The summed E-state index contributed by atoms with van der Waals surface area (Å²) in [7, 11) is 1.54. The number of nitrogens with zero attached hydrogens (tertiary/aromatic N) is 2. The minimum absolute atomic E-state index is 0.539. The second-order valence-corrected chi connectivity index (χ2v) is 3.91. The van der Waals surface area contributed by atoms with Gasteiger partial charge in [-0.05, 0) is 19.1 Å². The highest BCUT2D eigenvalue weighted by Crippen LogP contribution is 2.29. The molecule has 2 rings (SSSR count). The third-order valence-corrected chi connectivity index (χ3v) is 2.69. The van der Waals surface area contributed by atoms with E-state index in [1.165, 1.54) is 0 Å². The first-order chi connectivity index (χ1) is 9.26. The maximum Gasteiger partial charge on any atom is 0.143 e. The molecule has 19 heavy (non-hydrogen) atoms. The van der Waals surface area contributed by atoms with E-state index in [4.69, 9.17) is 9.47 Å². The van der Waals surface area contributed by atoms with Gasteiger partial charge in [0.25, 0.3) is 0 Å². The Morgan fingerprint density at radius 2 is 2.11 bits per heavy atom. The van der Waals surface area contributed by atoms with Crippen LogP contribution in [0.25, 0.3) is 0 Å². The van der Waals surface area contributed by atoms with E-state index in [0.29, 0.717) is 29.2 Å². The van der Waals surface area contributed by atoms with E-state index in [1.54, 1.807) is 44.0 Å². The topological polar surface area (TPSA) is 64.5 Å². The van der Waals surface area contributed by atoms with Gasteiger partial charge in [0.05, 0.1) is 26.1 Å². The summed E-state index contributed by atoms with van der Waals surface area (Å²) in [5.74, 6) is 1.17. The Bertz CT molecular complexity index is 546. The number of aromatic nitrogens is 2. The molecular weight excluding hydrogens is 244 g/mol. The molecule has 2 aromatic heterocycles. The summed E-state index contributed by atoms with van der Waals surface area (Å²) in [4.78, 5) is 8.03. The van der Waals surface area contributed by atoms with Crippen LogP contribution in [-0.4, -0.2) is 28.8 Å². The molecule has 5 nitrogen and oxygen atoms in total. The zero-order valence-electron chi connectivity index (χ0n) is 10.9. The largest absolute Gasteiger partial charge is 0.495 e. The lowest BCUT2D eigenvalue weighted by Crippen LogP contribution is -2.04. The molecule has 0 aliphatic rings. The van der Waals surface area contributed by atoms with Crippen molar-refractivity contribution in [3.05, 3.63) is 48.0 Å². The van der Waals surface area contributed by atoms with Gasteiger partial charge in [0.1, 0.15) is 17.6 Å². The zero-order valence-corrected chi connectivity index (χ0v) is 10.9. The monoisotopic (exact) mass is 260 g/mol. The third-order valence-electron chi connectivity index (χ3n) is 2.69. The molecular formula is C14H16N2O3. The molecule has 0 fully saturated rings. The Hall–Kier alpha value is -2.14. The van der Waals surface area contributed by atoms with Gasteiger partial charge in [-0.25, -0.2) is 0 Å². The lowest BCUT2D eigenvalue weighted by atomic mass is 10.0. The van der Waals surface area contributed by atoms with Crippen LogP contribution in [0, 0.1) is 0 Å². The summed E-state index contributed by atoms with van der Waals surface area (Å²) in [6.07, 6.45) is 5.57. The molecule has 0 bridgehead atoms. The molecule has 1 atom stereocenters. The molecule has 0 amide bonds. The molecule has 0 saturated carbocycles. The van der Waals surface area contributed by atoms with Gasteiger partial charge in [-0.3, -0.25) is 9.97 Å². The van der Waals surface area contributed by atoms with Crippen molar-refractivity contribution in [2.24, 2.45) is 0 Å². The molecule has 1 N–H and O–H groups in total. The van der Waals surface area contributed by atoms with Crippen molar-refractivity contribution in [2.75, 3.05) is 13.7 Å². The van der Waals surface area contributed by atoms with Gasteiger partial charge in [-0.15, -0.1) is 0 Å². The van der Waals surface area contributed by atoms with Crippen molar-refractivity contribution in [1.82, 2.24) is 9.97 Å². The molecule has 1 unspecified atom stereocenters. The van der Waals surface area contributed by atoms with E-state index in [0.717, 1.165) is 0 Å². The molecule has 0 radical (unpaired) electrons. The van der Waals surface area contributed by atoms with Crippen LogP contribution in [0.4, 0.5) is 0 Å². The summed E-state index contributed by atoms with van der Waals surface area (Å²) in [5, 5.41) is 10.4. The minimum atomic E-state index is -0.828. The van der Waals surface area contributed by atoms with Crippen LogP contribution in [0.15, 0.2) is 36.9 Å². The predicted molar refractivity (Wildman–Crippen MR) is 70.3 cm³/mol. The first kappa shape index (κ1) is 13.3. The number of ether oxygens (including phenoxy) is 2. The number of aliphatic hydroxyl groups is 1. The van der Waals surface area contributed by atoms with Crippen LogP contribution in [0.2, 0.25) is 0 Å². The minimum Gasteiger partial charge on any atom is -0.495 e. The van der Waals surface area contributed by atoms with E-state index in [2.05, 4.69) is 9.97 Å². The quantitative estimate of drug-likeness (QED) is 0.890. The normalized spacial score (nSPS) is 11.9. The highest BCUT2D eigenvalue weighted by molar-refractivity contribution is 5.39. The second-order valence-electron chi connectivity index (χ2n) is 3.91. The van der Waals surface area contributed by atoms with Gasteiger partial charge in [-0.1, -0.05) is 0 Å². The molecule has 5 heteroatoms. The average molecular weight is 260 g/mol. The summed E-state index contributed by atoms with van der Waals surface area (Å²) < 4.78 is 10.6. The Morgan fingerprint density at radius 3 is 2.84 bits per heavy atom. The molecule has 2 aromatic rings. The number of pyridine rings is 2. The lowest BCUT2D eigenvalue weighted by molar-refractivity contribution is 0.213. The van der Waals surface area contributed by atoms with Crippen LogP contribution >= 0.6 is 0 Å².